The summed E-state index contributed by atoms with van der Waals surface area (Å²) >= 11 is 5.26. The minimum Gasteiger partial charge on any atom is -0.444 e. The lowest BCUT2D eigenvalue weighted by atomic mass is 10.2. The van der Waals surface area contributed by atoms with Gasteiger partial charge in [-0.25, -0.2) is 4.79 Å². The van der Waals surface area contributed by atoms with Gasteiger partial charge >= 0.3 is 6.09 Å². The molecule has 1 aliphatic rings. The van der Waals surface area contributed by atoms with Gasteiger partial charge < -0.3 is 14.5 Å². The molecule has 0 spiro atoms. The Morgan fingerprint density at radius 1 is 0.955 bits per heavy atom. The van der Waals surface area contributed by atoms with E-state index < -0.39 is 10.8 Å². The van der Waals surface area contributed by atoms with Gasteiger partial charge in [-0.3, -0.25) is 9.59 Å². The molecule has 7 heteroatoms. The second kappa shape index (κ2) is 8.36. The Morgan fingerprint density at radius 3 is 1.91 bits per heavy atom. The van der Waals surface area contributed by atoms with Gasteiger partial charge in [0.05, 0.1) is 0 Å². The predicted molar refractivity (Wildman–Crippen MR) is 83.7 cm³/mol. The molecular weight excluding hydrogens is 308 g/mol. The summed E-state index contributed by atoms with van der Waals surface area (Å²) in [6.45, 7) is 7.80. The van der Waals surface area contributed by atoms with Crippen LogP contribution in [0.5, 0.6) is 0 Å². The largest absolute Gasteiger partial charge is 0.444 e. The van der Waals surface area contributed by atoms with E-state index >= 15 is 0 Å². The van der Waals surface area contributed by atoms with Crippen molar-refractivity contribution in [2.45, 2.75) is 52.1 Å². The SMILES string of the molecule is CC(C)(C)OC(=O)N1CCCN(C(=O)CCC(=O)Cl)CCC1. The van der Waals surface area contributed by atoms with Crippen LogP contribution in [0.2, 0.25) is 0 Å². The highest BCUT2D eigenvalue weighted by Crippen LogP contribution is 2.13. The van der Waals surface area contributed by atoms with Gasteiger partial charge in [0.15, 0.2) is 0 Å². The lowest BCUT2D eigenvalue weighted by Crippen LogP contribution is -2.43. The highest BCUT2D eigenvalue weighted by atomic mass is 35.5. The van der Waals surface area contributed by atoms with Gasteiger partial charge in [-0.05, 0) is 45.2 Å². The summed E-state index contributed by atoms with van der Waals surface area (Å²) in [5.74, 6) is -0.0558. The molecule has 0 N–H and O–H groups in total. The van der Waals surface area contributed by atoms with Crippen LogP contribution in [-0.2, 0) is 14.3 Å². The molecule has 126 valence electrons. The fourth-order valence-electron chi connectivity index (χ4n) is 2.25. The number of halogens is 1. The molecule has 0 radical (unpaired) electrons. The molecule has 22 heavy (non-hydrogen) atoms. The average Bonchev–Trinajstić information content (AvgIpc) is 2.33. The molecule has 0 aromatic carbocycles. The fourth-order valence-corrected chi connectivity index (χ4v) is 2.34. The van der Waals surface area contributed by atoms with Crippen molar-refractivity contribution >= 4 is 28.8 Å². The molecule has 1 heterocycles. The van der Waals surface area contributed by atoms with Crippen LogP contribution in [-0.4, -0.2) is 58.8 Å². The zero-order chi connectivity index (χ0) is 16.8. The monoisotopic (exact) mass is 332 g/mol. The summed E-state index contributed by atoms with van der Waals surface area (Å²) in [5.41, 5.74) is -0.504. The van der Waals surface area contributed by atoms with Crippen LogP contribution in [0, 0.1) is 0 Å². The molecule has 1 saturated heterocycles. The van der Waals surface area contributed by atoms with Crippen LogP contribution in [0.15, 0.2) is 0 Å². The number of carbonyl (C=O) groups is 3. The molecule has 0 saturated carbocycles. The van der Waals surface area contributed by atoms with Crippen LogP contribution in [0.1, 0.15) is 46.5 Å². The number of rotatable bonds is 3. The maximum absolute atomic E-state index is 12.0. The zero-order valence-electron chi connectivity index (χ0n) is 13.6. The molecule has 6 nitrogen and oxygen atoms in total. The quantitative estimate of drug-likeness (QED) is 0.744. The van der Waals surface area contributed by atoms with Crippen LogP contribution >= 0.6 is 11.6 Å². The Bertz CT molecular complexity index is 410. The first-order chi connectivity index (χ1) is 10.2. The van der Waals surface area contributed by atoms with Gasteiger partial charge in [-0.1, -0.05) is 0 Å². The lowest BCUT2D eigenvalue weighted by Gasteiger charge is -2.32. The molecule has 0 aromatic heterocycles. The van der Waals surface area contributed by atoms with Crippen molar-refractivity contribution in [3.05, 3.63) is 0 Å². The normalized spacial score (nSPS) is 16.7. The number of amides is 2. The van der Waals surface area contributed by atoms with E-state index in [0.29, 0.717) is 39.0 Å². The Morgan fingerprint density at radius 2 is 1.45 bits per heavy atom. The first-order valence-electron chi connectivity index (χ1n) is 7.63. The molecule has 2 amide bonds. The minimum absolute atomic E-state index is 0.0558. The minimum atomic E-state index is -0.504. The second-order valence-electron chi connectivity index (χ2n) is 6.41. The highest BCUT2D eigenvalue weighted by Gasteiger charge is 2.24. The van der Waals surface area contributed by atoms with Crippen molar-refractivity contribution in [1.82, 2.24) is 9.80 Å². The Labute approximate surface area is 136 Å². The fraction of sp³-hybridized carbons (Fsp3) is 0.800. The van der Waals surface area contributed by atoms with E-state index in [4.69, 9.17) is 16.3 Å². The number of hydrogen-bond acceptors (Lipinski definition) is 4. The van der Waals surface area contributed by atoms with Crippen molar-refractivity contribution in [1.29, 1.82) is 0 Å². The Balaban J connectivity index is 2.44. The van der Waals surface area contributed by atoms with E-state index in [1.807, 2.05) is 20.8 Å². The van der Waals surface area contributed by atoms with Gasteiger partial charge in [0, 0.05) is 39.0 Å². The van der Waals surface area contributed by atoms with E-state index in [0.717, 1.165) is 0 Å². The van der Waals surface area contributed by atoms with Crippen LogP contribution in [0.4, 0.5) is 4.79 Å². The molecule has 1 rings (SSSR count). The molecule has 0 unspecified atom stereocenters. The smallest absolute Gasteiger partial charge is 0.410 e. The predicted octanol–water partition coefficient (Wildman–Crippen LogP) is 2.39. The number of ether oxygens (including phenoxy) is 1. The van der Waals surface area contributed by atoms with E-state index in [1.54, 1.807) is 9.80 Å². The first kappa shape index (κ1) is 18.7. The Hall–Kier alpha value is -1.30. The van der Waals surface area contributed by atoms with E-state index in [2.05, 4.69) is 0 Å². The third-order valence-corrected chi connectivity index (χ3v) is 3.44. The third kappa shape index (κ3) is 7.11. The topological polar surface area (TPSA) is 66.9 Å². The van der Waals surface area contributed by atoms with Gasteiger partial charge in [0.2, 0.25) is 11.1 Å². The maximum Gasteiger partial charge on any atom is 0.410 e. The number of carbonyl (C=O) groups excluding carboxylic acids is 3. The summed E-state index contributed by atoms with van der Waals surface area (Å²) in [6.07, 6.45) is 1.30. The van der Waals surface area contributed by atoms with Crippen LogP contribution in [0.3, 0.4) is 0 Å². The first-order valence-corrected chi connectivity index (χ1v) is 8.01. The standard InChI is InChI=1S/C15H25ClN2O4/c1-15(2,3)22-14(21)18-10-4-8-17(9-5-11-18)13(20)7-6-12(16)19/h4-11H2,1-3H3. The third-order valence-electron chi connectivity index (χ3n) is 3.25. The Kier molecular flexibility index (Phi) is 7.13. The van der Waals surface area contributed by atoms with E-state index in [-0.39, 0.29) is 24.8 Å². The maximum atomic E-state index is 12.0. The zero-order valence-corrected chi connectivity index (χ0v) is 14.3. The highest BCUT2D eigenvalue weighted by molar-refractivity contribution is 6.63. The number of nitrogens with zero attached hydrogens (tertiary/aromatic N) is 2. The van der Waals surface area contributed by atoms with Gasteiger partial charge in [0.25, 0.3) is 0 Å². The summed E-state index contributed by atoms with van der Waals surface area (Å²) in [6, 6.07) is 0. The van der Waals surface area contributed by atoms with Crippen molar-refractivity contribution in [2.75, 3.05) is 26.2 Å². The van der Waals surface area contributed by atoms with Crippen molar-refractivity contribution in [2.24, 2.45) is 0 Å². The molecule has 1 fully saturated rings. The van der Waals surface area contributed by atoms with Crippen molar-refractivity contribution in [3.63, 3.8) is 0 Å². The van der Waals surface area contributed by atoms with Crippen molar-refractivity contribution < 1.29 is 19.1 Å². The molecule has 0 atom stereocenters. The van der Waals surface area contributed by atoms with Crippen molar-refractivity contribution in [3.8, 4) is 0 Å². The van der Waals surface area contributed by atoms with Crippen LogP contribution < -0.4 is 0 Å². The lowest BCUT2D eigenvalue weighted by molar-refractivity contribution is -0.132. The van der Waals surface area contributed by atoms with Crippen LogP contribution in [0.25, 0.3) is 0 Å². The summed E-state index contributed by atoms with van der Waals surface area (Å²) < 4.78 is 5.37. The van der Waals surface area contributed by atoms with Gasteiger partial charge in [-0.2, -0.15) is 0 Å². The van der Waals surface area contributed by atoms with Gasteiger partial charge in [-0.15, -0.1) is 0 Å². The van der Waals surface area contributed by atoms with Gasteiger partial charge in [0.1, 0.15) is 5.60 Å². The molecule has 0 aliphatic carbocycles. The average molecular weight is 333 g/mol. The van der Waals surface area contributed by atoms with E-state index in [1.165, 1.54) is 0 Å². The summed E-state index contributed by atoms with van der Waals surface area (Å²) in [7, 11) is 0. The molecule has 1 aliphatic heterocycles. The molecule has 0 bridgehead atoms. The molecular formula is C15H25ClN2O4. The number of hydrogen-bond donors (Lipinski definition) is 0. The summed E-state index contributed by atoms with van der Waals surface area (Å²) in [4.78, 5) is 38.2. The molecule has 0 aromatic rings. The van der Waals surface area contributed by atoms with E-state index in [9.17, 15) is 14.4 Å². The summed E-state index contributed by atoms with van der Waals surface area (Å²) in [5, 5.41) is -0.489. The second-order valence-corrected chi connectivity index (χ2v) is 6.83.